The van der Waals surface area contributed by atoms with Gasteiger partial charge in [-0.3, -0.25) is 4.98 Å². The maximum absolute atomic E-state index is 12.9. The molecule has 8 nitrogen and oxygen atoms in total. The van der Waals surface area contributed by atoms with Gasteiger partial charge in [0, 0.05) is 18.1 Å². The summed E-state index contributed by atoms with van der Waals surface area (Å²) in [6, 6.07) is 9.67. The lowest BCUT2D eigenvalue weighted by atomic mass is 9.83. The Bertz CT molecular complexity index is 1260. The number of esters is 1. The fraction of sp³-hybridized carbons (Fsp3) is 0.320. The number of methoxy groups -OCH3 is 1. The summed E-state index contributed by atoms with van der Waals surface area (Å²) in [4.78, 5) is 21.7. The Balaban J connectivity index is 1.73. The first-order valence-electron chi connectivity index (χ1n) is 10.9. The number of fused-ring (bicyclic) bond motifs is 1. The normalized spacial score (nSPS) is 17.7. The topological polar surface area (TPSA) is 135 Å². The molecule has 172 valence electrons. The molecule has 9 heteroatoms. The summed E-state index contributed by atoms with van der Waals surface area (Å²) in [5.41, 5.74) is 9.73. The van der Waals surface area contributed by atoms with E-state index < -0.39 is 11.9 Å². The van der Waals surface area contributed by atoms with Crippen molar-refractivity contribution in [2.24, 2.45) is 5.73 Å². The molecular formula is C25H23N5O3S. The van der Waals surface area contributed by atoms with Crippen LogP contribution < -0.4 is 5.73 Å². The molecule has 2 aliphatic rings. The summed E-state index contributed by atoms with van der Waals surface area (Å²) in [7, 11) is 1.28. The van der Waals surface area contributed by atoms with E-state index in [9.17, 15) is 15.3 Å². The molecule has 0 radical (unpaired) electrons. The molecule has 0 spiro atoms. The fourth-order valence-corrected chi connectivity index (χ4v) is 5.18. The summed E-state index contributed by atoms with van der Waals surface area (Å²) >= 11 is 1.30. The molecule has 0 unspecified atom stereocenters. The van der Waals surface area contributed by atoms with Crippen molar-refractivity contribution in [1.82, 2.24) is 9.97 Å². The number of carbonyl (C=O) groups is 1. The molecule has 3 heterocycles. The number of rotatable bonds is 5. The van der Waals surface area contributed by atoms with Crippen molar-refractivity contribution in [2.75, 3.05) is 12.9 Å². The highest BCUT2D eigenvalue weighted by atomic mass is 32.2. The van der Waals surface area contributed by atoms with Crippen LogP contribution >= 0.6 is 11.8 Å². The Morgan fingerprint density at radius 2 is 2.00 bits per heavy atom. The number of ether oxygens (including phenoxy) is 2. The fourth-order valence-electron chi connectivity index (χ4n) is 4.26. The van der Waals surface area contributed by atoms with Crippen molar-refractivity contribution in [3.05, 3.63) is 75.8 Å². The second kappa shape index (κ2) is 10.4. The standard InChI is InChI=1S/C25H23N5O3S/c1-32-25(31)22-20(33-23(28)18(13-27)21(22)15-7-9-29-10-8-15)14-34-24-17(12-26)11-16-5-3-2-4-6-19(16)30-24/h7-11,21H,2-6,14,28H2,1H3/t21-/m0/s1. The number of allylic oxidation sites excluding steroid dienone is 1. The molecule has 1 atom stereocenters. The molecule has 4 rings (SSSR count). The molecule has 0 saturated carbocycles. The maximum atomic E-state index is 12.9. The summed E-state index contributed by atoms with van der Waals surface area (Å²) in [5, 5.41) is 20.0. The van der Waals surface area contributed by atoms with Gasteiger partial charge in [-0.2, -0.15) is 10.5 Å². The highest BCUT2D eigenvalue weighted by molar-refractivity contribution is 7.99. The van der Waals surface area contributed by atoms with E-state index in [2.05, 4.69) is 17.1 Å². The van der Waals surface area contributed by atoms with E-state index in [1.54, 1.807) is 24.5 Å². The zero-order valence-corrected chi connectivity index (χ0v) is 19.5. The van der Waals surface area contributed by atoms with E-state index >= 15 is 0 Å². The molecule has 1 aliphatic heterocycles. The minimum absolute atomic E-state index is 0.0667. The zero-order chi connectivity index (χ0) is 24.1. The number of thioether (sulfide) groups is 1. The van der Waals surface area contributed by atoms with Gasteiger partial charge in [-0.05, 0) is 55.0 Å². The molecule has 1 aliphatic carbocycles. The molecule has 0 saturated heterocycles. The second-order valence-electron chi connectivity index (χ2n) is 7.94. The van der Waals surface area contributed by atoms with Crippen molar-refractivity contribution < 1.29 is 14.3 Å². The predicted octanol–water partition coefficient (Wildman–Crippen LogP) is 3.64. The molecule has 2 aromatic heterocycles. The summed E-state index contributed by atoms with van der Waals surface area (Å²) < 4.78 is 10.8. The van der Waals surface area contributed by atoms with Gasteiger partial charge < -0.3 is 15.2 Å². The average molecular weight is 474 g/mol. The number of nitrogens with two attached hydrogens (primary N) is 1. The van der Waals surface area contributed by atoms with Crippen molar-refractivity contribution in [1.29, 1.82) is 10.5 Å². The minimum atomic E-state index is -0.750. The lowest BCUT2D eigenvalue weighted by molar-refractivity contribution is -0.136. The summed E-state index contributed by atoms with van der Waals surface area (Å²) in [6.07, 6.45) is 8.28. The molecule has 2 aromatic rings. The van der Waals surface area contributed by atoms with E-state index in [0.29, 0.717) is 16.2 Å². The van der Waals surface area contributed by atoms with Gasteiger partial charge >= 0.3 is 5.97 Å². The SMILES string of the molecule is COC(=O)C1=C(CSc2nc3c(cc2C#N)CCCCC3)OC(N)=C(C#N)[C@@H]1c1ccncc1. The van der Waals surface area contributed by atoms with Crippen molar-refractivity contribution >= 4 is 17.7 Å². The first kappa shape index (κ1) is 23.3. The average Bonchev–Trinajstić information content (AvgIpc) is 3.11. The molecule has 0 bridgehead atoms. The van der Waals surface area contributed by atoms with Gasteiger partial charge in [-0.15, -0.1) is 0 Å². The van der Waals surface area contributed by atoms with Crippen molar-refractivity contribution in [3.63, 3.8) is 0 Å². The van der Waals surface area contributed by atoms with Crippen LogP contribution in [0.2, 0.25) is 0 Å². The molecule has 0 amide bonds. The lowest BCUT2D eigenvalue weighted by Gasteiger charge is -2.27. The second-order valence-corrected chi connectivity index (χ2v) is 8.91. The van der Waals surface area contributed by atoms with E-state index in [1.807, 2.05) is 6.07 Å². The van der Waals surface area contributed by atoms with Crippen molar-refractivity contribution in [2.45, 2.75) is 43.0 Å². The number of nitrogens with zero attached hydrogens (tertiary/aromatic N) is 4. The Kier molecular flexibility index (Phi) is 7.15. The van der Waals surface area contributed by atoms with Crippen LogP contribution in [0.4, 0.5) is 0 Å². The Labute approximate surface area is 202 Å². The highest BCUT2D eigenvalue weighted by Gasteiger charge is 2.37. The van der Waals surface area contributed by atoms with E-state index in [4.69, 9.17) is 20.2 Å². The van der Waals surface area contributed by atoms with Gasteiger partial charge in [-0.1, -0.05) is 18.2 Å². The maximum Gasteiger partial charge on any atom is 0.338 e. The van der Waals surface area contributed by atoms with Crippen LogP contribution in [0, 0.1) is 22.7 Å². The number of hydrogen-bond acceptors (Lipinski definition) is 9. The van der Waals surface area contributed by atoms with Crippen LogP contribution in [0.1, 0.15) is 47.6 Å². The predicted molar refractivity (Wildman–Crippen MR) is 125 cm³/mol. The van der Waals surface area contributed by atoms with Crippen LogP contribution in [-0.4, -0.2) is 28.8 Å². The number of carbonyl (C=O) groups excluding carboxylic acids is 1. The summed E-state index contributed by atoms with van der Waals surface area (Å²) in [5.74, 6) is -0.974. The van der Waals surface area contributed by atoms with Gasteiger partial charge in [0.1, 0.15) is 28.5 Å². The van der Waals surface area contributed by atoms with Gasteiger partial charge in [0.25, 0.3) is 0 Å². The Hall–Kier alpha value is -3.82. The Morgan fingerprint density at radius 1 is 1.24 bits per heavy atom. The van der Waals surface area contributed by atoms with E-state index in [0.717, 1.165) is 43.4 Å². The van der Waals surface area contributed by atoms with Crippen LogP contribution in [0.15, 0.2) is 58.4 Å². The van der Waals surface area contributed by atoms with Crippen LogP contribution in [0.3, 0.4) is 0 Å². The smallest absolute Gasteiger partial charge is 0.338 e. The summed E-state index contributed by atoms with van der Waals surface area (Å²) in [6.45, 7) is 0. The largest absolute Gasteiger partial charge is 0.466 e. The van der Waals surface area contributed by atoms with E-state index in [1.165, 1.54) is 18.9 Å². The third-order valence-electron chi connectivity index (χ3n) is 5.92. The first-order valence-corrected chi connectivity index (χ1v) is 11.9. The van der Waals surface area contributed by atoms with Crippen molar-refractivity contribution in [3.8, 4) is 12.1 Å². The number of aromatic nitrogens is 2. The zero-order valence-electron chi connectivity index (χ0n) is 18.7. The molecule has 0 fully saturated rings. The molecule has 34 heavy (non-hydrogen) atoms. The van der Waals surface area contributed by atoms with Crippen LogP contribution in [-0.2, 0) is 27.1 Å². The molecular weight excluding hydrogens is 450 g/mol. The van der Waals surface area contributed by atoms with Gasteiger partial charge in [0.05, 0.1) is 29.9 Å². The van der Waals surface area contributed by atoms with Gasteiger partial charge in [-0.25, -0.2) is 9.78 Å². The van der Waals surface area contributed by atoms with E-state index in [-0.39, 0.29) is 28.5 Å². The highest BCUT2D eigenvalue weighted by Crippen LogP contribution is 2.41. The third-order valence-corrected chi connectivity index (χ3v) is 6.91. The number of nitriles is 2. The van der Waals surface area contributed by atoms with Crippen LogP contribution in [0.5, 0.6) is 0 Å². The number of pyridine rings is 2. The van der Waals surface area contributed by atoms with Gasteiger partial charge in [0.15, 0.2) is 0 Å². The number of aryl methyl sites for hydroxylation is 2. The molecule has 0 aromatic carbocycles. The first-order chi connectivity index (χ1) is 16.6. The van der Waals surface area contributed by atoms with Gasteiger partial charge in [0.2, 0.25) is 5.88 Å². The minimum Gasteiger partial charge on any atom is -0.466 e. The monoisotopic (exact) mass is 473 g/mol. The quantitative estimate of drug-likeness (QED) is 0.392. The molecule has 2 N–H and O–H groups in total. The Morgan fingerprint density at radius 3 is 2.71 bits per heavy atom. The van der Waals surface area contributed by atoms with Crippen LogP contribution in [0.25, 0.3) is 0 Å². The third kappa shape index (κ3) is 4.61. The lowest BCUT2D eigenvalue weighted by Crippen LogP contribution is -2.26. The number of hydrogen-bond donors (Lipinski definition) is 1.